The largest absolute Gasteiger partial charge is 0.480 e. The van der Waals surface area contributed by atoms with E-state index >= 15 is 0 Å². The number of rotatable bonds is 3. The number of allylic oxidation sites excluding steroid dienone is 3. The lowest BCUT2D eigenvalue weighted by molar-refractivity contribution is -0.142. The third kappa shape index (κ3) is 2.25. The summed E-state index contributed by atoms with van der Waals surface area (Å²) in [4.78, 5) is 10.9. The van der Waals surface area contributed by atoms with Crippen LogP contribution in [0, 0.1) is 5.41 Å². The summed E-state index contributed by atoms with van der Waals surface area (Å²) in [5.74, 6) is -0.837. The molecule has 3 heteroatoms. The zero-order valence-electron chi connectivity index (χ0n) is 8.45. The fourth-order valence-electron chi connectivity index (χ4n) is 1.19. The molecule has 1 aliphatic carbocycles. The van der Waals surface area contributed by atoms with Crippen molar-refractivity contribution in [2.75, 3.05) is 6.54 Å². The highest BCUT2D eigenvalue weighted by molar-refractivity contribution is 5.79. The summed E-state index contributed by atoms with van der Waals surface area (Å²) >= 11 is 0. The highest BCUT2D eigenvalue weighted by Crippen LogP contribution is 2.23. The molecule has 0 saturated carbocycles. The van der Waals surface area contributed by atoms with Crippen LogP contribution in [0.3, 0.4) is 0 Å². The van der Waals surface area contributed by atoms with Gasteiger partial charge in [0.1, 0.15) is 5.41 Å². The van der Waals surface area contributed by atoms with Crippen LogP contribution in [0.15, 0.2) is 36.1 Å². The van der Waals surface area contributed by atoms with Crippen LogP contribution in [-0.2, 0) is 4.79 Å². The summed E-state index contributed by atoms with van der Waals surface area (Å²) in [6.45, 7) is 4.50. The molecule has 1 unspecified atom stereocenters. The molecule has 76 valence electrons. The molecule has 2 N–H and O–H groups in total. The Morgan fingerprint density at radius 1 is 1.57 bits per heavy atom. The van der Waals surface area contributed by atoms with Crippen LogP contribution < -0.4 is 5.32 Å². The lowest BCUT2D eigenvalue weighted by Gasteiger charge is -2.14. The Bertz CT molecular complexity index is 315. The molecule has 0 radical (unpaired) electrons. The second-order valence-electron chi connectivity index (χ2n) is 3.43. The van der Waals surface area contributed by atoms with Crippen molar-refractivity contribution in [1.29, 1.82) is 0 Å². The minimum absolute atomic E-state index is 0.827. The summed E-state index contributed by atoms with van der Waals surface area (Å²) in [5.41, 5.74) is 0.0435. The van der Waals surface area contributed by atoms with Gasteiger partial charge in [0.15, 0.2) is 0 Å². The van der Waals surface area contributed by atoms with Gasteiger partial charge in [-0.05, 0) is 26.0 Å². The highest BCUT2D eigenvalue weighted by atomic mass is 16.4. The Morgan fingerprint density at radius 3 is 2.86 bits per heavy atom. The molecule has 1 rings (SSSR count). The first-order valence-electron chi connectivity index (χ1n) is 4.64. The van der Waals surface area contributed by atoms with Crippen LogP contribution in [0.5, 0.6) is 0 Å². The Labute approximate surface area is 83.8 Å². The Kier molecular flexibility index (Phi) is 3.12. The smallest absolute Gasteiger partial charge is 0.317 e. The second-order valence-corrected chi connectivity index (χ2v) is 3.43. The van der Waals surface area contributed by atoms with E-state index in [4.69, 9.17) is 5.11 Å². The molecular formula is C11H15NO2. The topological polar surface area (TPSA) is 49.3 Å². The average molecular weight is 193 g/mol. The van der Waals surface area contributed by atoms with Crippen molar-refractivity contribution in [3.8, 4) is 0 Å². The Hall–Kier alpha value is -1.51. The Morgan fingerprint density at radius 2 is 2.29 bits per heavy atom. The number of carboxylic acid groups (broad SMARTS) is 1. The number of carboxylic acids is 1. The zero-order valence-corrected chi connectivity index (χ0v) is 8.45. The van der Waals surface area contributed by atoms with Gasteiger partial charge in [-0.15, -0.1) is 0 Å². The van der Waals surface area contributed by atoms with Gasteiger partial charge in [-0.1, -0.05) is 18.2 Å². The molecule has 0 amide bonds. The maximum atomic E-state index is 10.9. The molecule has 0 heterocycles. The summed E-state index contributed by atoms with van der Waals surface area (Å²) < 4.78 is 0. The molecular weight excluding hydrogens is 178 g/mol. The summed E-state index contributed by atoms with van der Waals surface area (Å²) in [7, 11) is 0. The van der Waals surface area contributed by atoms with E-state index in [0.29, 0.717) is 0 Å². The maximum absolute atomic E-state index is 10.9. The van der Waals surface area contributed by atoms with Crippen molar-refractivity contribution < 1.29 is 9.90 Å². The fourth-order valence-corrected chi connectivity index (χ4v) is 1.19. The van der Waals surface area contributed by atoms with Crippen molar-refractivity contribution in [3.63, 3.8) is 0 Å². The van der Waals surface area contributed by atoms with Crippen molar-refractivity contribution in [1.82, 2.24) is 5.32 Å². The number of aliphatic carboxylic acids is 1. The zero-order chi connectivity index (χ0) is 10.6. The first-order chi connectivity index (χ1) is 6.58. The second kappa shape index (κ2) is 4.13. The first kappa shape index (κ1) is 10.6. The van der Waals surface area contributed by atoms with E-state index in [-0.39, 0.29) is 0 Å². The van der Waals surface area contributed by atoms with Crippen molar-refractivity contribution >= 4 is 5.97 Å². The van der Waals surface area contributed by atoms with Gasteiger partial charge >= 0.3 is 5.97 Å². The van der Waals surface area contributed by atoms with Gasteiger partial charge in [0.2, 0.25) is 0 Å². The first-order valence-corrected chi connectivity index (χ1v) is 4.64. The minimum Gasteiger partial charge on any atom is -0.480 e. The summed E-state index contributed by atoms with van der Waals surface area (Å²) in [5, 5.41) is 12.1. The number of hydrogen-bond donors (Lipinski definition) is 2. The SMILES string of the molecule is CCNC1=CC=CC(C)(C(=O)O)C=C1. The third-order valence-corrected chi connectivity index (χ3v) is 2.17. The molecule has 1 atom stereocenters. The van der Waals surface area contributed by atoms with E-state index < -0.39 is 11.4 Å². The van der Waals surface area contributed by atoms with Crippen molar-refractivity contribution in [2.24, 2.45) is 5.41 Å². The average Bonchev–Trinajstić information content (AvgIpc) is 2.30. The van der Waals surface area contributed by atoms with E-state index in [1.807, 2.05) is 13.0 Å². The van der Waals surface area contributed by atoms with E-state index in [2.05, 4.69) is 5.32 Å². The van der Waals surface area contributed by atoms with Crippen LogP contribution >= 0.6 is 0 Å². The molecule has 0 aromatic heterocycles. The van der Waals surface area contributed by atoms with Gasteiger partial charge in [0.05, 0.1) is 0 Å². The van der Waals surface area contributed by atoms with Crippen LogP contribution in [0.4, 0.5) is 0 Å². The lowest BCUT2D eigenvalue weighted by Crippen LogP contribution is -2.22. The molecule has 14 heavy (non-hydrogen) atoms. The molecule has 1 aliphatic rings. The monoisotopic (exact) mass is 193 g/mol. The normalized spacial score (nSPS) is 25.4. The van der Waals surface area contributed by atoms with Crippen LogP contribution in [0.2, 0.25) is 0 Å². The van der Waals surface area contributed by atoms with Gasteiger partial charge < -0.3 is 10.4 Å². The van der Waals surface area contributed by atoms with Gasteiger partial charge in [-0.2, -0.15) is 0 Å². The number of nitrogens with one attached hydrogen (secondary N) is 1. The molecule has 0 spiro atoms. The van der Waals surface area contributed by atoms with E-state index in [0.717, 1.165) is 12.2 Å². The number of likely N-dealkylation sites (N-methyl/N-ethyl adjacent to an activating group) is 1. The fraction of sp³-hybridized carbons (Fsp3) is 0.364. The summed E-state index contributed by atoms with van der Waals surface area (Å²) in [6, 6.07) is 0. The standard InChI is InChI=1S/C11H15NO2/c1-3-12-9-5-4-7-11(2,8-6-9)10(13)14/h4-8,12H,3H2,1-2H3,(H,13,14). The van der Waals surface area contributed by atoms with E-state index in [1.165, 1.54) is 0 Å². The van der Waals surface area contributed by atoms with Gasteiger partial charge in [-0.25, -0.2) is 0 Å². The molecule has 0 aliphatic heterocycles. The molecule has 0 aromatic carbocycles. The van der Waals surface area contributed by atoms with Crippen LogP contribution in [0.25, 0.3) is 0 Å². The van der Waals surface area contributed by atoms with Gasteiger partial charge in [0.25, 0.3) is 0 Å². The van der Waals surface area contributed by atoms with Gasteiger partial charge in [0, 0.05) is 12.2 Å². The third-order valence-electron chi connectivity index (χ3n) is 2.17. The summed E-state index contributed by atoms with van der Waals surface area (Å²) in [6.07, 6.45) is 8.81. The van der Waals surface area contributed by atoms with Crippen molar-refractivity contribution in [3.05, 3.63) is 36.1 Å². The molecule has 0 saturated heterocycles. The van der Waals surface area contributed by atoms with Crippen molar-refractivity contribution in [2.45, 2.75) is 13.8 Å². The maximum Gasteiger partial charge on any atom is 0.317 e. The van der Waals surface area contributed by atoms with Gasteiger partial charge in [-0.3, -0.25) is 4.79 Å². The van der Waals surface area contributed by atoms with Crippen LogP contribution in [-0.4, -0.2) is 17.6 Å². The Balaban J connectivity index is 2.86. The number of hydrogen-bond acceptors (Lipinski definition) is 2. The quantitative estimate of drug-likeness (QED) is 0.717. The lowest BCUT2D eigenvalue weighted by atomic mass is 9.90. The minimum atomic E-state index is -0.895. The van der Waals surface area contributed by atoms with E-state index in [1.54, 1.807) is 31.2 Å². The van der Waals surface area contributed by atoms with Crippen LogP contribution in [0.1, 0.15) is 13.8 Å². The highest BCUT2D eigenvalue weighted by Gasteiger charge is 2.27. The molecule has 0 aromatic rings. The predicted molar refractivity (Wildman–Crippen MR) is 55.8 cm³/mol. The number of carbonyl (C=O) groups is 1. The molecule has 3 nitrogen and oxygen atoms in total. The predicted octanol–water partition coefficient (Wildman–Crippen LogP) is 1.70. The molecule has 0 bridgehead atoms. The van der Waals surface area contributed by atoms with E-state index in [9.17, 15) is 4.79 Å². The molecule has 0 fully saturated rings.